The maximum absolute atomic E-state index is 5.35. The molecule has 0 saturated heterocycles. The molecule has 0 atom stereocenters. The Morgan fingerprint density at radius 1 is 0.756 bits per heavy atom. The normalized spacial score (nSPS) is 11.7. The van der Waals surface area contributed by atoms with Gasteiger partial charge in [-0.1, -0.05) is 78.3 Å². The minimum Gasteiger partial charge on any atom is -1.00 e. The SMILES string of the molecule is CC(C)c1cc(C(C)C)c(-c2ccccc2[PH+](C(C)(C)C)C(C)(C)C)c(C(C)C)c1.NCCc1c[c-]ccc1.[Cl-].[Pd]. The smallest absolute Gasteiger partial charge is 0.100 e. The average molecular weight is 688 g/mol. The molecule has 4 heteroatoms. The zero-order chi connectivity index (χ0) is 29.5. The fourth-order valence-corrected chi connectivity index (χ4v) is 10.5. The van der Waals surface area contributed by atoms with Crippen LogP contribution in [0.1, 0.15) is 123 Å². The van der Waals surface area contributed by atoms with Crippen molar-refractivity contribution in [2.24, 2.45) is 5.73 Å². The Morgan fingerprint density at radius 2 is 1.27 bits per heavy atom. The maximum Gasteiger partial charge on any atom is 0.100 e. The molecule has 0 bridgehead atoms. The van der Waals surface area contributed by atoms with Crippen LogP contribution in [-0.4, -0.2) is 16.9 Å². The van der Waals surface area contributed by atoms with Crippen LogP contribution in [0.5, 0.6) is 0 Å². The third kappa shape index (κ3) is 11.2. The number of halogens is 1. The first kappa shape index (κ1) is 40.0. The van der Waals surface area contributed by atoms with Crippen molar-refractivity contribution < 1.29 is 32.8 Å². The summed E-state index contributed by atoms with van der Waals surface area (Å²) in [5.41, 5.74) is 14.1. The fourth-order valence-electron chi connectivity index (χ4n) is 5.87. The molecule has 3 aromatic rings. The summed E-state index contributed by atoms with van der Waals surface area (Å²) in [5.74, 6) is 1.56. The van der Waals surface area contributed by atoms with Gasteiger partial charge >= 0.3 is 0 Å². The van der Waals surface area contributed by atoms with Gasteiger partial charge in [0.05, 0.1) is 10.3 Å². The predicted molar refractivity (Wildman–Crippen MR) is 180 cm³/mol. The van der Waals surface area contributed by atoms with Crippen LogP contribution in [0, 0.1) is 6.07 Å². The van der Waals surface area contributed by atoms with Gasteiger partial charge in [-0.2, -0.15) is 35.9 Å². The monoisotopic (exact) mass is 686 g/mol. The van der Waals surface area contributed by atoms with Gasteiger partial charge in [-0.05, 0) is 94.2 Å². The topological polar surface area (TPSA) is 26.0 Å². The maximum atomic E-state index is 5.35. The van der Waals surface area contributed by atoms with E-state index in [-0.39, 0.29) is 43.1 Å². The van der Waals surface area contributed by atoms with Crippen LogP contribution in [0.15, 0.2) is 60.7 Å². The van der Waals surface area contributed by atoms with Gasteiger partial charge in [0, 0.05) is 33.9 Å². The Labute approximate surface area is 274 Å². The van der Waals surface area contributed by atoms with Gasteiger partial charge in [0.25, 0.3) is 0 Å². The van der Waals surface area contributed by atoms with Gasteiger partial charge in [-0.3, -0.25) is 0 Å². The van der Waals surface area contributed by atoms with E-state index in [1.165, 1.54) is 33.4 Å². The summed E-state index contributed by atoms with van der Waals surface area (Å²) in [6, 6.07) is 25.2. The van der Waals surface area contributed by atoms with E-state index in [0.717, 1.165) is 13.0 Å². The average Bonchev–Trinajstić information content (AvgIpc) is 2.83. The second-order valence-electron chi connectivity index (χ2n) is 13.9. The number of hydrogen-bond acceptors (Lipinski definition) is 1. The third-order valence-electron chi connectivity index (χ3n) is 7.30. The van der Waals surface area contributed by atoms with Crippen LogP contribution in [0.2, 0.25) is 0 Å². The Morgan fingerprint density at radius 3 is 1.66 bits per heavy atom. The van der Waals surface area contributed by atoms with E-state index in [9.17, 15) is 0 Å². The van der Waals surface area contributed by atoms with Crippen LogP contribution >= 0.6 is 7.92 Å². The van der Waals surface area contributed by atoms with Crippen molar-refractivity contribution in [2.75, 3.05) is 6.54 Å². The molecule has 3 rings (SSSR count). The molecule has 0 radical (unpaired) electrons. The Balaban J connectivity index is 0.00000124. The summed E-state index contributed by atoms with van der Waals surface area (Å²) >= 11 is 0. The molecule has 0 spiro atoms. The van der Waals surface area contributed by atoms with Crippen molar-refractivity contribution >= 4 is 13.2 Å². The first-order valence-electron chi connectivity index (χ1n) is 14.9. The van der Waals surface area contributed by atoms with Crippen molar-refractivity contribution in [3.8, 4) is 11.1 Å². The van der Waals surface area contributed by atoms with Gasteiger partial charge in [-0.15, -0.1) is 0 Å². The second kappa shape index (κ2) is 17.3. The summed E-state index contributed by atoms with van der Waals surface area (Å²) in [4.78, 5) is 0. The molecule has 3 aromatic carbocycles. The number of nitrogens with two attached hydrogens (primary N) is 1. The molecule has 41 heavy (non-hydrogen) atoms. The summed E-state index contributed by atoms with van der Waals surface area (Å²) in [6.45, 7) is 29.4. The molecule has 0 aromatic heterocycles. The van der Waals surface area contributed by atoms with Gasteiger partial charge in [0.15, 0.2) is 0 Å². The summed E-state index contributed by atoms with van der Waals surface area (Å²) < 4.78 is 0. The molecular formula is C37H56ClNPPd-. The van der Waals surface area contributed by atoms with E-state index in [2.05, 4.69) is 132 Å². The van der Waals surface area contributed by atoms with Crippen LogP contribution in [0.4, 0.5) is 0 Å². The van der Waals surface area contributed by atoms with E-state index in [1.807, 2.05) is 18.2 Å². The van der Waals surface area contributed by atoms with Gasteiger partial charge in [0.1, 0.15) is 5.30 Å². The number of rotatable bonds is 7. The Kier molecular flexibility index (Phi) is 16.9. The minimum atomic E-state index is -0.840. The van der Waals surface area contributed by atoms with Gasteiger partial charge < -0.3 is 18.1 Å². The number of benzene rings is 3. The second-order valence-corrected chi connectivity index (χ2v) is 18.2. The quantitative estimate of drug-likeness (QED) is 0.160. The Hall–Kier alpha value is -0.998. The molecule has 1 nitrogen and oxygen atoms in total. The van der Waals surface area contributed by atoms with Crippen LogP contribution in [0.3, 0.4) is 0 Å². The van der Waals surface area contributed by atoms with E-state index < -0.39 is 7.92 Å². The van der Waals surface area contributed by atoms with Crippen molar-refractivity contribution in [2.45, 2.75) is 118 Å². The molecule has 2 N–H and O–H groups in total. The molecule has 0 amide bonds. The molecule has 0 saturated carbocycles. The molecule has 0 unspecified atom stereocenters. The first-order chi connectivity index (χ1) is 18.1. The van der Waals surface area contributed by atoms with Crippen LogP contribution in [-0.2, 0) is 26.8 Å². The van der Waals surface area contributed by atoms with Crippen LogP contribution < -0.4 is 23.4 Å². The van der Waals surface area contributed by atoms with E-state index in [0.29, 0.717) is 17.8 Å². The van der Waals surface area contributed by atoms with Crippen molar-refractivity contribution in [3.63, 3.8) is 0 Å². The fraction of sp³-hybridized carbons (Fsp3) is 0.514. The molecule has 0 aliphatic rings. The van der Waals surface area contributed by atoms with Crippen molar-refractivity contribution in [1.82, 2.24) is 0 Å². The first-order valence-corrected chi connectivity index (χ1v) is 16.4. The molecule has 0 fully saturated rings. The zero-order valence-electron chi connectivity index (χ0n) is 27.7. The van der Waals surface area contributed by atoms with E-state index in [4.69, 9.17) is 5.73 Å². The van der Waals surface area contributed by atoms with Gasteiger partial charge in [-0.25, -0.2) is 0 Å². The third-order valence-corrected chi connectivity index (χ3v) is 11.3. The van der Waals surface area contributed by atoms with Crippen molar-refractivity contribution in [3.05, 3.63) is 89.0 Å². The number of hydrogen-bond donors (Lipinski definition) is 1. The largest absolute Gasteiger partial charge is 1.00 e. The van der Waals surface area contributed by atoms with E-state index >= 15 is 0 Å². The molecule has 0 heterocycles. The van der Waals surface area contributed by atoms with Crippen LogP contribution in [0.25, 0.3) is 11.1 Å². The van der Waals surface area contributed by atoms with Gasteiger partial charge in [0.2, 0.25) is 0 Å². The summed E-state index contributed by atoms with van der Waals surface area (Å²) in [5, 5.41) is 2.17. The Bertz CT molecular complexity index is 1130. The van der Waals surface area contributed by atoms with Crippen molar-refractivity contribution in [1.29, 1.82) is 0 Å². The minimum absolute atomic E-state index is 0. The summed E-state index contributed by atoms with van der Waals surface area (Å²) in [6.07, 6.45) is 0.956. The molecular weight excluding hydrogens is 631 g/mol. The summed E-state index contributed by atoms with van der Waals surface area (Å²) in [7, 11) is -0.840. The standard InChI is InChI=1S/C29H45P.C8H10N.ClH.Pd/c1-19(2)22-17-24(20(3)4)27(25(18-22)21(5)6)23-15-13-14-16-26(23)30(28(7,8)9)29(10,11)12;9-7-6-8-4-2-1-3-5-8;;/h13-21H,1-12H3;1-2,4-5H,6-7,9H2;1H;/q;-1;;. The molecule has 0 aliphatic heterocycles. The van der Waals surface area contributed by atoms with E-state index in [1.54, 1.807) is 5.30 Å². The molecule has 232 valence electrons. The zero-order valence-corrected chi connectivity index (χ0v) is 31.0. The molecule has 0 aliphatic carbocycles. The predicted octanol–water partition coefficient (Wildman–Crippen LogP) is 7.15.